The lowest BCUT2D eigenvalue weighted by Crippen LogP contribution is -2.45. The monoisotopic (exact) mass is 205 g/mol. The summed E-state index contributed by atoms with van der Waals surface area (Å²) in [5, 5.41) is 0. The Kier molecular flexibility index (Phi) is 5.27. The van der Waals surface area contributed by atoms with E-state index in [0.717, 1.165) is 6.42 Å². The number of hydrogen-bond acceptors (Lipinski definition) is 3. The topological polar surface area (TPSA) is 55.3 Å². The Hall–Kier alpha value is 0.314. The van der Waals surface area contributed by atoms with E-state index in [0.29, 0.717) is 0 Å². The molecule has 0 aliphatic rings. The van der Waals surface area contributed by atoms with Crippen LogP contribution in [0.2, 0.25) is 25.7 Å². The summed E-state index contributed by atoms with van der Waals surface area (Å²) in [6, 6.07) is 1.25. The summed E-state index contributed by atoms with van der Waals surface area (Å²) in [5.74, 6) is 0. The minimum atomic E-state index is -1.02. The lowest BCUT2D eigenvalue weighted by atomic mass is 10.4. The van der Waals surface area contributed by atoms with Crippen LogP contribution in [0.5, 0.6) is 0 Å². The lowest BCUT2D eigenvalue weighted by Gasteiger charge is -2.30. The van der Waals surface area contributed by atoms with Crippen LogP contribution in [0.25, 0.3) is 0 Å². The molecule has 0 aromatic heterocycles. The van der Waals surface area contributed by atoms with Crippen molar-refractivity contribution in [3.63, 3.8) is 0 Å². The summed E-state index contributed by atoms with van der Waals surface area (Å²) in [4.78, 5) is 0. The third kappa shape index (κ3) is 5.90. The summed E-state index contributed by atoms with van der Waals surface area (Å²) in [7, 11) is 1.16. The Morgan fingerprint density at radius 1 is 1.33 bits per heavy atom. The van der Waals surface area contributed by atoms with Gasteiger partial charge in [0.05, 0.1) is 15.8 Å². The van der Waals surface area contributed by atoms with Gasteiger partial charge in [-0.1, -0.05) is 19.6 Å². The van der Waals surface area contributed by atoms with Crippen molar-refractivity contribution in [3.8, 4) is 0 Å². The average Bonchev–Trinajstić information content (AvgIpc) is 1.84. The van der Waals surface area contributed by atoms with Crippen molar-refractivity contribution < 1.29 is 0 Å². The van der Waals surface area contributed by atoms with Crippen LogP contribution in [0.4, 0.5) is 0 Å². The van der Waals surface area contributed by atoms with E-state index in [9.17, 15) is 0 Å². The number of hydrogen-bond donors (Lipinski definition) is 2. The van der Waals surface area contributed by atoms with Gasteiger partial charge < -0.3 is 15.7 Å². The lowest BCUT2D eigenvalue weighted by molar-refractivity contribution is 0.667. The minimum Gasteiger partial charge on any atom is -0.353 e. The van der Waals surface area contributed by atoms with Gasteiger partial charge >= 0.3 is 0 Å². The van der Waals surface area contributed by atoms with E-state index in [4.69, 9.17) is 11.5 Å². The largest absolute Gasteiger partial charge is 0.353 e. The highest BCUT2D eigenvalue weighted by Crippen LogP contribution is 2.06. The number of rotatable bonds is 5. The van der Waals surface area contributed by atoms with Gasteiger partial charge in [0, 0.05) is 0 Å². The molecule has 0 fully saturated rings. The van der Waals surface area contributed by atoms with Crippen LogP contribution in [-0.2, 0) is 0 Å². The van der Waals surface area contributed by atoms with E-state index in [1.165, 1.54) is 6.04 Å². The fraction of sp³-hybridized carbons (Fsp3) is 1.00. The van der Waals surface area contributed by atoms with Crippen molar-refractivity contribution in [1.29, 1.82) is 0 Å². The molecule has 0 saturated carbocycles. The minimum absolute atomic E-state index is 0.0762. The van der Waals surface area contributed by atoms with Crippen molar-refractivity contribution >= 4 is 17.9 Å². The SMILES string of the molecule is CN([SiH2]CCC(N)N)[Si](C)(C)C. The van der Waals surface area contributed by atoms with Gasteiger partial charge in [0.1, 0.15) is 8.24 Å². The molecule has 0 aromatic carbocycles. The maximum absolute atomic E-state index is 5.48. The molecular weight excluding hydrogens is 182 g/mol. The van der Waals surface area contributed by atoms with Crippen LogP contribution in [0.15, 0.2) is 0 Å². The molecule has 0 bridgehead atoms. The number of nitrogens with two attached hydrogens (primary N) is 2. The van der Waals surface area contributed by atoms with Gasteiger partial charge in [-0.15, -0.1) is 0 Å². The normalized spacial score (nSPS) is 14.0. The zero-order valence-corrected chi connectivity index (χ0v) is 11.2. The molecular formula is C7H23N3Si2. The molecule has 0 amide bonds. The van der Waals surface area contributed by atoms with Crippen LogP contribution in [0.3, 0.4) is 0 Å². The summed E-state index contributed by atoms with van der Waals surface area (Å²) in [6.07, 6.45) is 0.883. The zero-order chi connectivity index (χ0) is 9.78. The van der Waals surface area contributed by atoms with Crippen molar-refractivity contribution in [1.82, 2.24) is 4.23 Å². The Balaban J connectivity index is 3.51. The van der Waals surface area contributed by atoms with E-state index >= 15 is 0 Å². The van der Waals surface area contributed by atoms with Gasteiger partial charge in [0.2, 0.25) is 0 Å². The van der Waals surface area contributed by atoms with Gasteiger partial charge in [-0.05, 0) is 19.5 Å². The van der Waals surface area contributed by atoms with Gasteiger partial charge in [0.25, 0.3) is 0 Å². The predicted octanol–water partition coefficient (Wildman–Crippen LogP) is -0.111. The highest BCUT2D eigenvalue weighted by molar-refractivity contribution is 6.78. The molecule has 0 spiro atoms. The third-order valence-corrected chi connectivity index (χ3v) is 9.38. The van der Waals surface area contributed by atoms with Crippen molar-refractivity contribution in [2.24, 2.45) is 11.5 Å². The van der Waals surface area contributed by atoms with Gasteiger partial charge in [0.15, 0.2) is 0 Å². The predicted molar refractivity (Wildman–Crippen MR) is 61.2 cm³/mol. The Morgan fingerprint density at radius 3 is 2.17 bits per heavy atom. The van der Waals surface area contributed by atoms with Crippen LogP contribution < -0.4 is 11.5 Å². The molecule has 0 unspecified atom stereocenters. The smallest absolute Gasteiger partial charge is 0.111 e. The average molecular weight is 205 g/mol. The van der Waals surface area contributed by atoms with Crippen molar-refractivity contribution in [2.45, 2.75) is 38.3 Å². The molecule has 0 atom stereocenters. The van der Waals surface area contributed by atoms with E-state index < -0.39 is 8.24 Å². The Bertz CT molecular complexity index is 122. The Morgan fingerprint density at radius 2 is 1.83 bits per heavy atom. The molecule has 0 rings (SSSR count). The first-order chi connectivity index (χ1) is 5.34. The van der Waals surface area contributed by atoms with Crippen molar-refractivity contribution in [3.05, 3.63) is 0 Å². The molecule has 4 N–H and O–H groups in total. The molecule has 0 saturated heterocycles. The van der Waals surface area contributed by atoms with Gasteiger partial charge in [-0.2, -0.15) is 0 Å². The summed E-state index contributed by atoms with van der Waals surface area (Å²) < 4.78 is 2.59. The molecule has 0 aromatic rings. The summed E-state index contributed by atoms with van der Waals surface area (Å²) in [5.41, 5.74) is 11.0. The second-order valence-electron chi connectivity index (χ2n) is 4.40. The quantitative estimate of drug-likeness (QED) is 0.486. The van der Waals surface area contributed by atoms with Crippen LogP contribution in [-0.4, -0.2) is 35.4 Å². The van der Waals surface area contributed by atoms with Crippen LogP contribution in [0.1, 0.15) is 6.42 Å². The van der Waals surface area contributed by atoms with E-state index in [-0.39, 0.29) is 15.8 Å². The molecule has 0 heterocycles. The van der Waals surface area contributed by atoms with Crippen LogP contribution in [0, 0.1) is 0 Å². The second-order valence-corrected chi connectivity index (χ2v) is 12.2. The standard InChI is InChI=1S/C7H23N3Si2/c1-10(12(2,3)4)11-6-5-7(8)9/h7H,5-6,8-9,11H2,1-4H3. The highest BCUT2D eigenvalue weighted by Gasteiger charge is 2.18. The molecule has 3 nitrogen and oxygen atoms in total. The first-order valence-electron chi connectivity index (χ1n) is 4.56. The fourth-order valence-electron chi connectivity index (χ4n) is 0.900. The summed E-state index contributed by atoms with van der Waals surface area (Å²) in [6.45, 7) is 7.13. The zero-order valence-electron chi connectivity index (χ0n) is 8.80. The van der Waals surface area contributed by atoms with E-state index in [1.54, 1.807) is 0 Å². The molecule has 0 aliphatic carbocycles. The first-order valence-corrected chi connectivity index (χ1v) is 9.64. The van der Waals surface area contributed by atoms with Crippen molar-refractivity contribution in [2.75, 3.05) is 7.05 Å². The van der Waals surface area contributed by atoms with Gasteiger partial charge in [-0.3, -0.25) is 0 Å². The molecule has 5 heteroatoms. The third-order valence-electron chi connectivity index (χ3n) is 2.18. The number of nitrogens with zero attached hydrogens (tertiary/aromatic N) is 1. The fourth-order valence-corrected chi connectivity index (χ4v) is 5.19. The molecule has 0 radical (unpaired) electrons. The first kappa shape index (κ1) is 12.3. The molecule has 12 heavy (non-hydrogen) atoms. The second kappa shape index (κ2) is 5.13. The maximum Gasteiger partial charge on any atom is 0.111 e. The van der Waals surface area contributed by atoms with E-state index in [2.05, 4.69) is 30.9 Å². The van der Waals surface area contributed by atoms with Gasteiger partial charge in [-0.25, -0.2) is 0 Å². The van der Waals surface area contributed by atoms with E-state index in [1.807, 2.05) is 0 Å². The van der Waals surface area contributed by atoms with Crippen LogP contribution >= 0.6 is 0 Å². The highest BCUT2D eigenvalue weighted by atomic mass is 28.4. The summed E-state index contributed by atoms with van der Waals surface area (Å²) >= 11 is 0. The molecule has 0 aliphatic heterocycles. The molecule has 74 valence electrons. The maximum atomic E-state index is 5.48. The Labute approximate surface area is 79.5 Å².